The summed E-state index contributed by atoms with van der Waals surface area (Å²) >= 11 is 0. The molecule has 0 bridgehead atoms. The van der Waals surface area contributed by atoms with Gasteiger partial charge in [0.2, 0.25) is 0 Å². The van der Waals surface area contributed by atoms with E-state index in [1.54, 1.807) is 11.8 Å². The van der Waals surface area contributed by atoms with Crippen LogP contribution in [0, 0.1) is 12.3 Å². The maximum atomic E-state index is 11.5. The Labute approximate surface area is 99.9 Å². The Hall–Kier alpha value is -1.74. The summed E-state index contributed by atoms with van der Waals surface area (Å²) in [4.78, 5) is 23.4. The van der Waals surface area contributed by atoms with E-state index in [0.717, 1.165) is 0 Å². The molecule has 1 fully saturated rings. The monoisotopic (exact) mass is 240 g/mol. The molecule has 1 aliphatic heterocycles. The van der Waals surface area contributed by atoms with Crippen molar-refractivity contribution in [2.24, 2.45) is 0 Å². The lowest BCUT2D eigenvalue weighted by Crippen LogP contribution is -2.65. The maximum absolute atomic E-state index is 11.5. The SMILES string of the molecule is C#CCCNC(=O)N1CC(C)(OCC(=O)O)C1. The van der Waals surface area contributed by atoms with E-state index in [9.17, 15) is 9.59 Å². The van der Waals surface area contributed by atoms with Gasteiger partial charge in [0.15, 0.2) is 0 Å². The Bertz CT molecular complexity index is 342. The number of hydrogen-bond donors (Lipinski definition) is 2. The van der Waals surface area contributed by atoms with Crippen LogP contribution in [0.25, 0.3) is 0 Å². The van der Waals surface area contributed by atoms with Crippen LogP contribution >= 0.6 is 0 Å². The molecule has 0 aromatic heterocycles. The summed E-state index contributed by atoms with van der Waals surface area (Å²) in [5.41, 5.74) is -0.554. The topological polar surface area (TPSA) is 78.9 Å². The molecular weight excluding hydrogens is 224 g/mol. The molecule has 2 amide bonds. The zero-order chi connectivity index (χ0) is 12.9. The number of hydrogen-bond acceptors (Lipinski definition) is 3. The Morgan fingerprint density at radius 2 is 2.24 bits per heavy atom. The summed E-state index contributed by atoms with van der Waals surface area (Å²) < 4.78 is 5.18. The van der Waals surface area contributed by atoms with E-state index in [4.69, 9.17) is 16.3 Å². The molecule has 94 valence electrons. The lowest BCUT2D eigenvalue weighted by Gasteiger charge is -2.46. The number of amides is 2. The van der Waals surface area contributed by atoms with Gasteiger partial charge in [-0.05, 0) is 6.92 Å². The van der Waals surface area contributed by atoms with Crippen molar-refractivity contribution in [3.05, 3.63) is 0 Å². The first-order valence-electron chi connectivity index (χ1n) is 5.29. The summed E-state index contributed by atoms with van der Waals surface area (Å²) in [5.74, 6) is 1.41. The first kappa shape index (κ1) is 13.3. The highest BCUT2D eigenvalue weighted by molar-refractivity contribution is 5.75. The Morgan fingerprint density at radius 3 is 2.76 bits per heavy atom. The number of urea groups is 1. The van der Waals surface area contributed by atoms with Gasteiger partial charge in [-0.15, -0.1) is 12.3 Å². The summed E-state index contributed by atoms with van der Waals surface area (Å²) in [6, 6.07) is -0.198. The first-order chi connectivity index (χ1) is 7.97. The van der Waals surface area contributed by atoms with E-state index in [0.29, 0.717) is 26.1 Å². The number of likely N-dealkylation sites (tertiary alicyclic amines) is 1. The molecule has 0 saturated carbocycles. The number of aliphatic carboxylic acids is 1. The second kappa shape index (κ2) is 5.55. The second-order valence-electron chi connectivity index (χ2n) is 4.17. The molecule has 0 aliphatic carbocycles. The van der Waals surface area contributed by atoms with Crippen LogP contribution in [0.2, 0.25) is 0 Å². The Balaban J connectivity index is 2.23. The molecule has 6 heteroatoms. The van der Waals surface area contributed by atoms with Gasteiger partial charge in [0.1, 0.15) is 12.2 Å². The third kappa shape index (κ3) is 3.96. The highest BCUT2D eigenvalue weighted by Crippen LogP contribution is 2.24. The van der Waals surface area contributed by atoms with Crippen LogP contribution < -0.4 is 5.32 Å². The van der Waals surface area contributed by atoms with Crippen molar-refractivity contribution in [1.82, 2.24) is 10.2 Å². The number of carbonyl (C=O) groups is 2. The zero-order valence-electron chi connectivity index (χ0n) is 9.73. The number of nitrogens with one attached hydrogen (secondary N) is 1. The second-order valence-corrected chi connectivity index (χ2v) is 4.17. The lowest BCUT2D eigenvalue weighted by molar-refractivity contribution is -0.159. The van der Waals surface area contributed by atoms with Gasteiger partial charge < -0.3 is 20.1 Å². The molecule has 0 spiro atoms. The summed E-state index contributed by atoms with van der Waals surface area (Å²) in [5, 5.41) is 11.1. The number of nitrogens with zero attached hydrogens (tertiary/aromatic N) is 1. The van der Waals surface area contributed by atoms with Crippen LogP contribution in [0.3, 0.4) is 0 Å². The zero-order valence-corrected chi connectivity index (χ0v) is 9.73. The molecule has 2 N–H and O–H groups in total. The van der Waals surface area contributed by atoms with Gasteiger partial charge in [-0.2, -0.15) is 0 Å². The third-order valence-electron chi connectivity index (χ3n) is 2.43. The molecule has 6 nitrogen and oxygen atoms in total. The van der Waals surface area contributed by atoms with Crippen molar-refractivity contribution >= 4 is 12.0 Å². The highest BCUT2D eigenvalue weighted by Gasteiger charge is 2.42. The summed E-state index contributed by atoms with van der Waals surface area (Å²) in [6.45, 7) is 2.66. The maximum Gasteiger partial charge on any atom is 0.329 e. The number of carboxylic acids is 1. The van der Waals surface area contributed by atoms with Crippen molar-refractivity contribution in [2.75, 3.05) is 26.2 Å². The van der Waals surface area contributed by atoms with Crippen molar-refractivity contribution in [1.29, 1.82) is 0 Å². The minimum Gasteiger partial charge on any atom is -0.480 e. The molecule has 17 heavy (non-hydrogen) atoms. The van der Waals surface area contributed by atoms with Crippen LogP contribution in [0.5, 0.6) is 0 Å². The fourth-order valence-corrected chi connectivity index (χ4v) is 1.59. The summed E-state index contributed by atoms with van der Waals surface area (Å²) in [7, 11) is 0. The Kier molecular flexibility index (Phi) is 4.35. The molecule has 1 heterocycles. The van der Waals surface area contributed by atoms with E-state index < -0.39 is 11.6 Å². The standard InChI is InChI=1S/C11H16N2O4/c1-3-4-5-12-10(16)13-7-11(2,8-13)17-6-9(14)15/h1H,4-8H2,2H3,(H,12,16)(H,14,15). The smallest absolute Gasteiger partial charge is 0.329 e. The molecular formula is C11H16N2O4. The Morgan fingerprint density at radius 1 is 1.59 bits per heavy atom. The number of carboxylic acid groups (broad SMARTS) is 1. The largest absolute Gasteiger partial charge is 0.480 e. The normalized spacial score (nSPS) is 16.8. The van der Waals surface area contributed by atoms with E-state index in [1.165, 1.54) is 0 Å². The molecule has 0 aromatic rings. The van der Waals surface area contributed by atoms with Crippen molar-refractivity contribution in [3.63, 3.8) is 0 Å². The fourth-order valence-electron chi connectivity index (χ4n) is 1.59. The van der Waals surface area contributed by atoms with Gasteiger partial charge in [-0.1, -0.05) is 0 Å². The van der Waals surface area contributed by atoms with Gasteiger partial charge >= 0.3 is 12.0 Å². The van der Waals surface area contributed by atoms with Crippen LogP contribution in [-0.2, 0) is 9.53 Å². The van der Waals surface area contributed by atoms with Gasteiger partial charge in [-0.25, -0.2) is 9.59 Å². The molecule has 0 atom stereocenters. The predicted octanol–water partition coefficient (Wildman–Crippen LogP) is -0.105. The van der Waals surface area contributed by atoms with E-state index in [1.807, 2.05) is 0 Å². The quantitative estimate of drug-likeness (QED) is 0.519. The fraction of sp³-hybridized carbons (Fsp3) is 0.636. The van der Waals surface area contributed by atoms with Gasteiger partial charge in [0.05, 0.1) is 13.1 Å². The van der Waals surface area contributed by atoms with E-state index in [2.05, 4.69) is 11.2 Å². The van der Waals surface area contributed by atoms with Crippen LogP contribution in [0.15, 0.2) is 0 Å². The van der Waals surface area contributed by atoms with Gasteiger partial charge in [0.25, 0.3) is 0 Å². The molecule has 0 aromatic carbocycles. The van der Waals surface area contributed by atoms with Crippen LogP contribution in [0.1, 0.15) is 13.3 Å². The predicted molar refractivity (Wildman–Crippen MR) is 60.4 cm³/mol. The summed E-state index contributed by atoms with van der Waals surface area (Å²) in [6.07, 6.45) is 5.55. The van der Waals surface area contributed by atoms with Crippen molar-refractivity contribution < 1.29 is 19.4 Å². The minimum absolute atomic E-state index is 0.198. The molecule has 1 rings (SSSR count). The first-order valence-corrected chi connectivity index (χ1v) is 5.29. The van der Waals surface area contributed by atoms with Crippen molar-refractivity contribution in [2.45, 2.75) is 18.9 Å². The van der Waals surface area contributed by atoms with Crippen LogP contribution in [-0.4, -0.2) is 53.8 Å². The number of terminal acetylenes is 1. The molecule has 1 saturated heterocycles. The third-order valence-corrected chi connectivity index (χ3v) is 2.43. The minimum atomic E-state index is -1.01. The number of ether oxygens (including phenoxy) is 1. The van der Waals surface area contributed by atoms with Crippen molar-refractivity contribution in [3.8, 4) is 12.3 Å². The molecule has 0 unspecified atom stereocenters. The highest BCUT2D eigenvalue weighted by atomic mass is 16.5. The number of rotatable bonds is 5. The molecule has 1 aliphatic rings. The van der Waals surface area contributed by atoms with Gasteiger partial charge in [0, 0.05) is 13.0 Å². The van der Waals surface area contributed by atoms with Crippen LogP contribution in [0.4, 0.5) is 4.79 Å². The average Bonchev–Trinajstić information content (AvgIpc) is 2.22. The number of carbonyl (C=O) groups excluding carboxylic acids is 1. The average molecular weight is 240 g/mol. The van der Waals surface area contributed by atoms with E-state index in [-0.39, 0.29) is 12.6 Å². The van der Waals surface area contributed by atoms with E-state index >= 15 is 0 Å². The molecule has 0 radical (unpaired) electrons. The van der Waals surface area contributed by atoms with Gasteiger partial charge in [-0.3, -0.25) is 0 Å². The lowest BCUT2D eigenvalue weighted by atomic mass is 9.97.